The minimum Gasteiger partial charge on any atom is -0.369 e. The zero-order chi connectivity index (χ0) is 20.4. The lowest BCUT2D eigenvalue weighted by Gasteiger charge is -2.29. The number of hydrogen-bond acceptors (Lipinski definition) is 3. The SMILES string of the molecule is CC.CC.O=c1ccc2ccccc2n1Cc1cccc(N2CCNCC2)c1. The summed E-state index contributed by atoms with van der Waals surface area (Å²) in [5.74, 6) is 0. The molecule has 1 fully saturated rings. The van der Waals surface area contributed by atoms with Gasteiger partial charge in [0.15, 0.2) is 0 Å². The van der Waals surface area contributed by atoms with Crippen LogP contribution in [0, 0.1) is 0 Å². The highest BCUT2D eigenvalue weighted by molar-refractivity contribution is 5.78. The summed E-state index contributed by atoms with van der Waals surface area (Å²) in [7, 11) is 0. The van der Waals surface area contributed by atoms with Crippen LogP contribution in [0.15, 0.2) is 65.5 Å². The molecule has 1 aliphatic heterocycles. The summed E-state index contributed by atoms with van der Waals surface area (Å²) in [5, 5.41) is 4.47. The van der Waals surface area contributed by atoms with Gasteiger partial charge in [0.1, 0.15) is 0 Å². The predicted molar refractivity (Wildman–Crippen MR) is 122 cm³/mol. The predicted octanol–water partition coefficient (Wildman–Crippen LogP) is 4.51. The van der Waals surface area contributed by atoms with E-state index >= 15 is 0 Å². The molecule has 1 N–H and O–H groups in total. The first kappa shape index (κ1) is 21.7. The molecule has 0 bridgehead atoms. The van der Waals surface area contributed by atoms with Crippen molar-refractivity contribution in [3.05, 3.63) is 76.6 Å². The quantitative estimate of drug-likeness (QED) is 0.727. The molecule has 1 aliphatic rings. The normalized spacial score (nSPS) is 13.2. The third kappa shape index (κ3) is 5.23. The molecule has 4 heteroatoms. The largest absolute Gasteiger partial charge is 0.369 e. The minimum atomic E-state index is 0.0428. The number of pyridine rings is 1. The van der Waals surface area contributed by atoms with Gasteiger partial charge in [-0.2, -0.15) is 0 Å². The highest BCUT2D eigenvalue weighted by Gasteiger charge is 2.11. The third-order valence-corrected chi connectivity index (χ3v) is 4.63. The molecule has 1 aromatic heterocycles. The molecule has 150 valence electrons. The second kappa shape index (κ2) is 11.3. The smallest absolute Gasteiger partial charge is 0.251 e. The van der Waals surface area contributed by atoms with Gasteiger partial charge in [-0.25, -0.2) is 0 Å². The summed E-state index contributed by atoms with van der Waals surface area (Å²) < 4.78 is 1.85. The second-order valence-electron chi connectivity index (χ2n) is 6.22. The van der Waals surface area contributed by atoms with Gasteiger partial charge < -0.3 is 14.8 Å². The van der Waals surface area contributed by atoms with E-state index in [-0.39, 0.29) is 5.56 Å². The Labute approximate surface area is 168 Å². The Bertz CT molecular complexity index is 911. The van der Waals surface area contributed by atoms with Crippen molar-refractivity contribution in [2.45, 2.75) is 34.2 Å². The highest BCUT2D eigenvalue weighted by Crippen LogP contribution is 2.19. The zero-order valence-electron chi connectivity index (χ0n) is 17.6. The van der Waals surface area contributed by atoms with Crippen LogP contribution in [0.4, 0.5) is 5.69 Å². The second-order valence-corrected chi connectivity index (χ2v) is 6.22. The van der Waals surface area contributed by atoms with E-state index in [0.717, 1.165) is 42.6 Å². The van der Waals surface area contributed by atoms with Gasteiger partial charge in [0.2, 0.25) is 0 Å². The van der Waals surface area contributed by atoms with Crippen molar-refractivity contribution in [1.82, 2.24) is 9.88 Å². The molecule has 0 atom stereocenters. The molecular formula is C24H33N3O. The first-order valence-corrected chi connectivity index (χ1v) is 10.4. The zero-order valence-corrected chi connectivity index (χ0v) is 17.6. The Morgan fingerprint density at radius 3 is 2.32 bits per heavy atom. The third-order valence-electron chi connectivity index (χ3n) is 4.63. The number of anilines is 1. The maximum Gasteiger partial charge on any atom is 0.251 e. The molecule has 4 rings (SSSR count). The summed E-state index contributed by atoms with van der Waals surface area (Å²) in [6.07, 6.45) is 0. The standard InChI is InChI=1S/C20H21N3O.2C2H6/c24-20-9-8-17-5-1-2-7-19(17)23(20)15-16-4-3-6-18(14-16)22-12-10-21-11-13-22;2*1-2/h1-9,14,21H,10-13,15H2;2*1-2H3. The van der Waals surface area contributed by atoms with Crippen molar-refractivity contribution in [3.8, 4) is 0 Å². The van der Waals surface area contributed by atoms with E-state index in [1.165, 1.54) is 5.69 Å². The van der Waals surface area contributed by atoms with Crippen LogP contribution in [0.1, 0.15) is 33.3 Å². The number of aromatic nitrogens is 1. The number of rotatable bonds is 3. The average molecular weight is 380 g/mol. The van der Waals surface area contributed by atoms with Crippen LogP contribution >= 0.6 is 0 Å². The van der Waals surface area contributed by atoms with Gasteiger partial charge in [-0.15, -0.1) is 0 Å². The van der Waals surface area contributed by atoms with E-state index in [9.17, 15) is 4.79 Å². The highest BCUT2D eigenvalue weighted by atomic mass is 16.1. The number of nitrogens with zero attached hydrogens (tertiary/aromatic N) is 2. The van der Waals surface area contributed by atoms with E-state index in [2.05, 4.69) is 34.5 Å². The molecule has 28 heavy (non-hydrogen) atoms. The van der Waals surface area contributed by atoms with Crippen molar-refractivity contribution < 1.29 is 0 Å². The maximum atomic E-state index is 12.4. The minimum absolute atomic E-state index is 0.0428. The Morgan fingerprint density at radius 1 is 0.857 bits per heavy atom. The number of fused-ring (bicyclic) bond motifs is 1. The van der Waals surface area contributed by atoms with Crippen molar-refractivity contribution in [2.75, 3.05) is 31.1 Å². The topological polar surface area (TPSA) is 37.3 Å². The van der Waals surface area contributed by atoms with Gasteiger partial charge in [0, 0.05) is 37.9 Å². The first-order chi connectivity index (χ1) is 13.8. The fourth-order valence-electron chi connectivity index (χ4n) is 3.36. The molecule has 0 amide bonds. The molecule has 4 nitrogen and oxygen atoms in total. The molecule has 0 saturated carbocycles. The number of piperazine rings is 1. The van der Waals surface area contributed by atoms with Crippen molar-refractivity contribution in [3.63, 3.8) is 0 Å². The number of hydrogen-bond donors (Lipinski definition) is 1. The summed E-state index contributed by atoms with van der Waals surface area (Å²) >= 11 is 0. The Balaban J connectivity index is 0.000000660. The Morgan fingerprint density at radius 2 is 1.57 bits per heavy atom. The van der Waals surface area contributed by atoms with Crippen LogP contribution < -0.4 is 15.8 Å². The summed E-state index contributed by atoms with van der Waals surface area (Å²) in [5.41, 5.74) is 3.42. The van der Waals surface area contributed by atoms with Gasteiger partial charge in [-0.3, -0.25) is 4.79 Å². The lowest BCUT2D eigenvalue weighted by atomic mass is 10.1. The van der Waals surface area contributed by atoms with Crippen molar-refractivity contribution in [2.24, 2.45) is 0 Å². The van der Waals surface area contributed by atoms with Gasteiger partial charge in [0.05, 0.1) is 12.1 Å². The van der Waals surface area contributed by atoms with Gasteiger partial charge in [-0.05, 0) is 35.2 Å². The maximum absolute atomic E-state index is 12.4. The molecule has 3 aromatic rings. The molecule has 2 aromatic carbocycles. The molecular weight excluding hydrogens is 346 g/mol. The monoisotopic (exact) mass is 379 g/mol. The van der Waals surface area contributed by atoms with Crippen molar-refractivity contribution in [1.29, 1.82) is 0 Å². The Kier molecular flexibility index (Phi) is 8.76. The van der Waals surface area contributed by atoms with Crippen LogP contribution in [0.5, 0.6) is 0 Å². The number of benzene rings is 2. The van der Waals surface area contributed by atoms with Crippen LogP contribution in [0.3, 0.4) is 0 Å². The fourth-order valence-corrected chi connectivity index (χ4v) is 3.36. The molecule has 1 saturated heterocycles. The van der Waals surface area contributed by atoms with Crippen LogP contribution in [-0.2, 0) is 6.54 Å². The fraction of sp³-hybridized carbons (Fsp3) is 0.375. The van der Waals surface area contributed by atoms with Crippen LogP contribution in [-0.4, -0.2) is 30.7 Å². The Hall–Kier alpha value is -2.59. The van der Waals surface area contributed by atoms with Crippen molar-refractivity contribution >= 4 is 16.6 Å². The summed E-state index contributed by atoms with van der Waals surface area (Å²) in [6, 6.07) is 20.1. The van der Waals surface area contributed by atoms with E-state index < -0.39 is 0 Å². The number of nitrogens with one attached hydrogen (secondary N) is 1. The van der Waals surface area contributed by atoms with E-state index in [1.54, 1.807) is 6.07 Å². The van der Waals surface area contributed by atoms with E-state index in [0.29, 0.717) is 6.54 Å². The molecule has 0 radical (unpaired) electrons. The van der Waals surface area contributed by atoms with Crippen LogP contribution in [0.2, 0.25) is 0 Å². The van der Waals surface area contributed by atoms with Crippen LogP contribution in [0.25, 0.3) is 10.9 Å². The average Bonchev–Trinajstić information content (AvgIpc) is 2.79. The lowest BCUT2D eigenvalue weighted by Crippen LogP contribution is -2.43. The molecule has 0 aliphatic carbocycles. The van der Waals surface area contributed by atoms with E-state index in [4.69, 9.17) is 0 Å². The first-order valence-electron chi connectivity index (χ1n) is 10.4. The molecule has 0 spiro atoms. The van der Waals surface area contributed by atoms with Gasteiger partial charge in [-0.1, -0.05) is 58.0 Å². The summed E-state index contributed by atoms with van der Waals surface area (Å²) in [4.78, 5) is 14.8. The molecule has 0 unspecified atom stereocenters. The lowest BCUT2D eigenvalue weighted by molar-refractivity contribution is 0.589. The van der Waals surface area contributed by atoms with E-state index in [1.807, 2.05) is 62.6 Å². The van der Waals surface area contributed by atoms with Gasteiger partial charge in [0.25, 0.3) is 5.56 Å². The number of para-hydroxylation sites is 1. The van der Waals surface area contributed by atoms with Gasteiger partial charge >= 0.3 is 0 Å². The molecule has 2 heterocycles. The summed E-state index contributed by atoms with van der Waals surface area (Å²) in [6.45, 7) is 12.7.